The quantitative estimate of drug-likeness (QED) is 0.508. The fourth-order valence-corrected chi connectivity index (χ4v) is 0.961. The van der Waals surface area contributed by atoms with Crippen LogP contribution >= 0.6 is 25.3 Å². The van der Waals surface area contributed by atoms with Gasteiger partial charge in [-0.3, -0.25) is 0 Å². The van der Waals surface area contributed by atoms with Gasteiger partial charge in [-0.15, -0.1) is 25.3 Å². The van der Waals surface area contributed by atoms with Crippen molar-refractivity contribution in [2.45, 2.75) is 9.79 Å². The van der Waals surface area contributed by atoms with Crippen LogP contribution in [0.25, 0.3) is 0 Å². The first kappa shape index (κ1) is 6.05. The molecule has 0 fully saturated rings. The second kappa shape index (κ2) is 2.46. The molecule has 41 valence electrons. The van der Waals surface area contributed by atoms with Crippen LogP contribution in [-0.2, 0) is 0 Å². The number of thiol groups is 2. The van der Waals surface area contributed by atoms with Gasteiger partial charge >= 0.3 is 0 Å². The number of rotatable bonds is 0. The van der Waals surface area contributed by atoms with Gasteiger partial charge in [0.25, 0.3) is 0 Å². The van der Waals surface area contributed by atoms with Crippen LogP contribution in [0.5, 0.6) is 0 Å². The summed E-state index contributed by atoms with van der Waals surface area (Å²) < 4.78 is 0. The molecule has 0 bridgehead atoms. The van der Waals surface area contributed by atoms with E-state index in [0.717, 1.165) is 9.79 Å². The molecule has 1 rings (SSSR count). The SMILES string of the molecule is Sc1[c]ccc(S)c1. The molecular weight excluding hydrogens is 136 g/mol. The van der Waals surface area contributed by atoms with Crippen molar-refractivity contribution < 1.29 is 0 Å². The Balaban J connectivity index is 3.08. The summed E-state index contributed by atoms with van der Waals surface area (Å²) in [5.41, 5.74) is 0. The molecule has 8 heavy (non-hydrogen) atoms. The first-order valence-corrected chi connectivity index (χ1v) is 3.08. The van der Waals surface area contributed by atoms with Crippen molar-refractivity contribution in [3.63, 3.8) is 0 Å². The van der Waals surface area contributed by atoms with Gasteiger partial charge in [0.2, 0.25) is 0 Å². The van der Waals surface area contributed by atoms with Gasteiger partial charge in [-0.25, -0.2) is 0 Å². The summed E-state index contributed by atoms with van der Waals surface area (Å²) in [7, 11) is 0. The van der Waals surface area contributed by atoms with Gasteiger partial charge in [-0.05, 0) is 18.2 Å². The minimum atomic E-state index is 0.831. The maximum atomic E-state index is 4.09. The molecule has 0 saturated carbocycles. The molecule has 0 amide bonds. The van der Waals surface area contributed by atoms with Crippen LogP contribution < -0.4 is 0 Å². The zero-order chi connectivity index (χ0) is 5.98. The van der Waals surface area contributed by atoms with Crippen molar-refractivity contribution in [2.75, 3.05) is 0 Å². The van der Waals surface area contributed by atoms with Crippen LogP contribution in [0.3, 0.4) is 0 Å². The third kappa shape index (κ3) is 1.46. The first-order chi connectivity index (χ1) is 3.79. The molecule has 2 heteroatoms. The highest BCUT2D eigenvalue weighted by molar-refractivity contribution is 7.81. The maximum Gasteiger partial charge on any atom is 0.0130 e. The lowest BCUT2D eigenvalue weighted by Crippen LogP contribution is -1.64. The predicted molar refractivity (Wildman–Crippen MR) is 39.8 cm³/mol. The lowest BCUT2D eigenvalue weighted by atomic mass is 10.4. The van der Waals surface area contributed by atoms with Crippen molar-refractivity contribution in [3.8, 4) is 0 Å². The Morgan fingerprint density at radius 3 is 2.50 bits per heavy atom. The molecule has 0 aliphatic carbocycles. The molecule has 0 aliphatic heterocycles. The van der Waals surface area contributed by atoms with E-state index >= 15 is 0 Å². The van der Waals surface area contributed by atoms with Gasteiger partial charge in [0.05, 0.1) is 0 Å². The van der Waals surface area contributed by atoms with E-state index in [4.69, 9.17) is 0 Å². The number of hydrogen-bond acceptors (Lipinski definition) is 2. The smallest absolute Gasteiger partial charge is 0.0130 e. The van der Waals surface area contributed by atoms with Gasteiger partial charge in [-0.2, -0.15) is 0 Å². The van der Waals surface area contributed by atoms with Gasteiger partial charge < -0.3 is 0 Å². The van der Waals surface area contributed by atoms with Crippen molar-refractivity contribution in [1.82, 2.24) is 0 Å². The Labute approximate surface area is 59.7 Å². The Kier molecular flexibility index (Phi) is 1.86. The standard InChI is InChI=1S/C6H5S2/c7-5-2-1-3-6(8)4-5/h1-2,4,7-8H. The maximum absolute atomic E-state index is 4.09. The van der Waals surface area contributed by atoms with Gasteiger partial charge in [0.1, 0.15) is 0 Å². The van der Waals surface area contributed by atoms with E-state index < -0.39 is 0 Å². The fourth-order valence-electron chi connectivity index (χ4n) is 0.442. The van der Waals surface area contributed by atoms with Crippen LogP contribution in [0.4, 0.5) is 0 Å². The molecule has 0 aliphatic rings. The summed E-state index contributed by atoms with van der Waals surface area (Å²) in [4.78, 5) is 1.76. The van der Waals surface area contributed by atoms with Gasteiger partial charge in [0.15, 0.2) is 0 Å². The van der Waals surface area contributed by atoms with Gasteiger partial charge in [-0.1, -0.05) is 6.07 Å². The lowest BCUT2D eigenvalue weighted by Gasteiger charge is -1.88. The molecule has 1 aromatic rings. The summed E-state index contributed by atoms with van der Waals surface area (Å²) in [6.45, 7) is 0. The molecule has 1 aromatic carbocycles. The van der Waals surface area contributed by atoms with E-state index in [1.807, 2.05) is 12.1 Å². The summed E-state index contributed by atoms with van der Waals surface area (Å²) in [6, 6.07) is 8.39. The Hall–Kier alpha value is -0.0800. The normalized spacial score (nSPS) is 9.25. The number of hydrogen-bond donors (Lipinski definition) is 2. The van der Waals surface area contributed by atoms with Crippen molar-refractivity contribution in [3.05, 3.63) is 24.3 Å². The van der Waals surface area contributed by atoms with Crippen LogP contribution in [-0.4, -0.2) is 0 Å². The monoisotopic (exact) mass is 141 g/mol. The largest absolute Gasteiger partial charge is 0.143 e. The highest BCUT2D eigenvalue weighted by Crippen LogP contribution is 2.10. The molecule has 0 heterocycles. The minimum Gasteiger partial charge on any atom is -0.143 e. The van der Waals surface area contributed by atoms with Crippen molar-refractivity contribution >= 4 is 25.3 Å². The summed E-state index contributed by atoms with van der Waals surface area (Å²) in [5, 5.41) is 0. The highest BCUT2D eigenvalue weighted by Gasteiger charge is 1.83. The Bertz CT molecular complexity index is 166. The van der Waals surface area contributed by atoms with Crippen LogP contribution in [0.15, 0.2) is 28.0 Å². The van der Waals surface area contributed by atoms with Gasteiger partial charge in [0, 0.05) is 9.79 Å². The van der Waals surface area contributed by atoms with E-state index in [0.29, 0.717) is 0 Å². The molecule has 0 N–H and O–H groups in total. The average molecular weight is 141 g/mol. The number of benzene rings is 1. The van der Waals surface area contributed by atoms with E-state index in [-0.39, 0.29) is 0 Å². The molecule has 0 atom stereocenters. The lowest BCUT2D eigenvalue weighted by molar-refractivity contribution is 1.34. The highest BCUT2D eigenvalue weighted by atomic mass is 32.1. The van der Waals surface area contributed by atoms with E-state index in [1.165, 1.54) is 0 Å². The predicted octanol–water partition coefficient (Wildman–Crippen LogP) is 2.06. The second-order valence-electron chi connectivity index (χ2n) is 1.43. The van der Waals surface area contributed by atoms with E-state index in [1.54, 1.807) is 6.07 Å². The fraction of sp³-hybridized carbons (Fsp3) is 0. The molecule has 0 saturated heterocycles. The molecule has 0 unspecified atom stereocenters. The van der Waals surface area contributed by atoms with E-state index in [9.17, 15) is 0 Å². The summed E-state index contributed by atoms with van der Waals surface area (Å²) in [6.07, 6.45) is 0. The molecular formula is C6H5S2. The van der Waals surface area contributed by atoms with Crippen molar-refractivity contribution in [1.29, 1.82) is 0 Å². The summed E-state index contributed by atoms with van der Waals surface area (Å²) >= 11 is 8.13. The zero-order valence-corrected chi connectivity index (χ0v) is 5.92. The molecule has 1 radical (unpaired) electrons. The minimum absolute atomic E-state index is 0.831. The molecule has 0 nitrogen and oxygen atoms in total. The van der Waals surface area contributed by atoms with Crippen LogP contribution in [0, 0.1) is 6.07 Å². The Morgan fingerprint density at radius 2 is 2.12 bits per heavy atom. The zero-order valence-electron chi connectivity index (χ0n) is 4.13. The van der Waals surface area contributed by atoms with E-state index in [2.05, 4.69) is 31.3 Å². The van der Waals surface area contributed by atoms with Crippen molar-refractivity contribution in [2.24, 2.45) is 0 Å². The summed E-state index contributed by atoms with van der Waals surface area (Å²) in [5.74, 6) is 0. The topological polar surface area (TPSA) is 0 Å². The van der Waals surface area contributed by atoms with Crippen LogP contribution in [0.1, 0.15) is 0 Å². The van der Waals surface area contributed by atoms with Crippen LogP contribution in [0.2, 0.25) is 0 Å². The third-order valence-electron chi connectivity index (χ3n) is 0.770. The molecule has 0 spiro atoms. The Morgan fingerprint density at radius 1 is 1.38 bits per heavy atom. The average Bonchev–Trinajstić information content (AvgIpc) is 1.64. The second-order valence-corrected chi connectivity index (χ2v) is 2.43. The third-order valence-corrected chi connectivity index (χ3v) is 1.31. The first-order valence-electron chi connectivity index (χ1n) is 2.19. The molecule has 0 aromatic heterocycles.